The predicted octanol–water partition coefficient (Wildman–Crippen LogP) is 4.93. The predicted molar refractivity (Wildman–Crippen MR) is 89.6 cm³/mol. The fourth-order valence-electron chi connectivity index (χ4n) is 2.33. The molecular formula is C15H18Cl3N3. The molecule has 21 heavy (non-hydrogen) atoms. The molecule has 1 aromatic carbocycles. The van der Waals surface area contributed by atoms with Crippen LogP contribution in [0.4, 0.5) is 0 Å². The maximum Gasteiger partial charge on any atom is 0.0834 e. The number of aromatic nitrogens is 2. The molecule has 1 aromatic heterocycles. The van der Waals surface area contributed by atoms with Crippen molar-refractivity contribution in [2.75, 3.05) is 7.05 Å². The van der Waals surface area contributed by atoms with Gasteiger partial charge in [-0.2, -0.15) is 5.10 Å². The summed E-state index contributed by atoms with van der Waals surface area (Å²) >= 11 is 18.5. The van der Waals surface area contributed by atoms with Crippen LogP contribution in [0.3, 0.4) is 0 Å². The second kappa shape index (κ2) is 7.01. The zero-order chi connectivity index (χ0) is 15.6. The van der Waals surface area contributed by atoms with E-state index in [1.54, 1.807) is 12.3 Å². The third-order valence-electron chi connectivity index (χ3n) is 3.39. The Balaban J connectivity index is 2.34. The molecule has 1 N–H and O–H groups in total. The second-order valence-electron chi connectivity index (χ2n) is 5.20. The summed E-state index contributed by atoms with van der Waals surface area (Å²) in [6.07, 6.45) is 2.40. The first kappa shape index (κ1) is 16.6. The van der Waals surface area contributed by atoms with Gasteiger partial charge in [-0.15, -0.1) is 0 Å². The van der Waals surface area contributed by atoms with Crippen LogP contribution < -0.4 is 5.32 Å². The van der Waals surface area contributed by atoms with Crippen LogP contribution in [0.2, 0.25) is 15.1 Å². The summed E-state index contributed by atoms with van der Waals surface area (Å²) in [4.78, 5) is 0. The summed E-state index contributed by atoms with van der Waals surface area (Å²) in [7, 11) is 1.91. The number of hydrogen-bond acceptors (Lipinski definition) is 2. The van der Waals surface area contributed by atoms with Gasteiger partial charge in [0.15, 0.2) is 0 Å². The highest BCUT2D eigenvalue weighted by Crippen LogP contribution is 2.30. The lowest BCUT2D eigenvalue weighted by molar-refractivity contribution is 0.460. The Kier molecular flexibility index (Phi) is 5.55. The molecule has 0 aliphatic rings. The van der Waals surface area contributed by atoms with Gasteiger partial charge in [-0.1, -0.05) is 40.9 Å². The molecule has 0 bridgehead atoms. The van der Waals surface area contributed by atoms with Gasteiger partial charge in [-0.05, 0) is 45.0 Å². The first-order valence-corrected chi connectivity index (χ1v) is 7.91. The molecule has 1 atom stereocenters. The minimum Gasteiger partial charge on any atom is -0.311 e. The van der Waals surface area contributed by atoms with Crippen molar-refractivity contribution in [2.24, 2.45) is 0 Å². The molecule has 1 heterocycles. The van der Waals surface area contributed by atoms with Gasteiger partial charge in [-0.3, -0.25) is 4.68 Å². The van der Waals surface area contributed by atoms with Gasteiger partial charge in [0.2, 0.25) is 0 Å². The van der Waals surface area contributed by atoms with Gasteiger partial charge >= 0.3 is 0 Å². The van der Waals surface area contributed by atoms with E-state index >= 15 is 0 Å². The van der Waals surface area contributed by atoms with Gasteiger partial charge in [0, 0.05) is 16.1 Å². The molecule has 6 heteroatoms. The molecule has 114 valence electrons. The summed E-state index contributed by atoms with van der Waals surface area (Å²) in [5, 5.41) is 9.60. The molecule has 3 nitrogen and oxygen atoms in total. The van der Waals surface area contributed by atoms with Crippen LogP contribution in [0.15, 0.2) is 24.4 Å². The third-order valence-corrected chi connectivity index (χ3v) is 4.27. The van der Waals surface area contributed by atoms with Crippen LogP contribution in [-0.2, 0) is 6.42 Å². The Labute approximate surface area is 140 Å². The maximum atomic E-state index is 6.32. The summed E-state index contributed by atoms with van der Waals surface area (Å²) in [6, 6.07) is 5.81. The number of hydrogen-bond donors (Lipinski definition) is 1. The monoisotopic (exact) mass is 345 g/mol. The average Bonchev–Trinajstić information content (AvgIpc) is 2.80. The Morgan fingerprint density at radius 1 is 1.19 bits per heavy atom. The molecule has 1 unspecified atom stereocenters. The van der Waals surface area contributed by atoms with Crippen LogP contribution in [0.1, 0.15) is 37.2 Å². The molecule has 0 amide bonds. The average molecular weight is 347 g/mol. The number of nitrogens with zero attached hydrogens (tertiary/aromatic N) is 2. The van der Waals surface area contributed by atoms with Crippen LogP contribution >= 0.6 is 34.8 Å². The number of likely N-dealkylation sites (N-methyl/N-ethyl adjacent to an activating group) is 1. The Morgan fingerprint density at radius 2 is 1.90 bits per heavy atom. The second-order valence-corrected chi connectivity index (χ2v) is 6.45. The third kappa shape index (κ3) is 3.72. The molecule has 0 fully saturated rings. The zero-order valence-corrected chi connectivity index (χ0v) is 14.5. The smallest absolute Gasteiger partial charge is 0.0834 e. The SMILES string of the molecule is CNC(Cc1ccc(Cl)cc1Cl)c1c(Cl)cnn1C(C)C. The van der Waals surface area contributed by atoms with Crippen molar-refractivity contribution >= 4 is 34.8 Å². The van der Waals surface area contributed by atoms with Crippen molar-refractivity contribution in [3.8, 4) is 0 Å². The van der Waals surface area contributed by atoms with Crippen LogP contribution in [0.5, 0.6) is 0 Å². The van der Waals surface area contributed by atoms with Crippen molar-refractivity contribution in [3.05, 3.63) is 50.7 Å². The molecule has 2 aromatic rings. The molecule has 2 rings (SSSR count). The molecule has 0 spiro atoms. The van der Waals surface area contributed by atoms with E-state index in [2.05, 4.69) is 24.3 Å². The van der Waals surface area contributed by atoms with E-state index < -0.39 is 0 Å². The first-order valence-electron chi connectivity index (χ1n) is 6.78. The van der Waals surface area contributed by atoms with Gasteiger partial charge in [0.1, 0.15) is 0 Å². The minimum atomic E-state index is 0.0288. The highest BCUT2D eigenvalue weighted by molar-refractivity contribution is 6.35. The lowest BCUT2D eigenvalue weighted by atomic mass is 10.0. The minimum absolute atomic E-state index is 0.0288. The van der Waals surface area contributed by atoms with E-state index in [4.69, 9.17) is 34.8 Å². The van der Waals surface area contributed by atoms with Gasteiger partial charge < -0.3 is 5.32 Å². The standard InChI is InChI=1S/C15H18Cl3N3/c1-9(2)21-15(13(18)8-20-21)14(19-3)6-10-4-5-11(16)7-12(10)17/h4-5,7-9,14,19H,6H2,1-3H3. The van der Waals surface area contributed by atoms with E-state index in [0.717, 1.165) is 11.3 Å². The van der Waals surface area contributed by atoms with Crippen molar-refractivity contribution in [1.29, 1.82) is 0 Å². The van der Waals surface area contributed by atoms with E-state index in [1.807, 2.05) is 23.9 Å². The topological polar surface area (TPSA) is 29.9 Å². The summed E-state index contributed by atoms with van der Waals surface area (Å²) in [5.74, 6) is 0. The highest BCUT2D eigenvalue weighted by atomic mass is 35.5. The number of benzene rings is 1. The fraction of sp³-hybridized carbons (Fsp3) is 0.400. The number of rotatable bonds is 5. The van der Waals surface area contributed by atoms with Crippen molar-refractivity contribution in [3.63, 3.8) is 0 Å². The van der Waals surface area contributed by atoms with Crippen molar-refractivity contribution in [2.45, 2.75) is 32.4 Å². The summed E-state index contributed by atoms with van der Waals surface area (Å²) in [5.41, 5.74) is 1.99. The van der Waals surface area contributed by atoms with Gasteiger partial charge in [0.05, 0.1) is 23.0 Å². The van der Waals surface area contributed by atoms with E-state index in [0.29, 0.717) is 21.5 Å². The summed E-state index contributed by atoms with van der Waals surface area (Å²) < 4.78 is 1.94. The Hall–Kier alpha value is -0.740. The lowest BCUT2D eigenvalue weighted by Crippen LogP contribution is -2.23. The lowest BCUT2D eigenvalue weighted by Gasteiger charge is -2.21. The first-order chi connectivity index (χ1) is 9.93. The largest absolute Gasteiger partial charge is 0.311 e. The molecule has 0 aliphatic carbocycles. The molecular weight excluding hydrogens is 329 g/mol. The van der Waals surface area contributed by atoms with Crippen LogP contribution in [-0.4, -0.2) is 16.8 Å². The molecule has 0 saturated heterocycles. The Morgan fingerprint density at radius 3 is 2.48 bits per heavy atom. The van der Waals surface area contributed by atoms with Crippen LogP contribution in [0.25, 0.3) is 0 Å². The normalized spacial score (nSPS) is 12.9. The number of halogens is 3. The van der Waals surface area contributed by atoms with Crippen molar-refractivity contribution < 1.29 is 0 Å². The Bertz CT molecular complexity index is 623. The zero-order valence-electron chi connectivity index (χ0n) is 12.2. The molecule has 0 saturated carbocycles. The quantitative estimate of drug-likeness (QED) is 0.832. The summed E-state index contributed by atoms with van der Waals surface area (Å²) in [6.45, 7) is 4.16. The van der Waals surface area contributed by atoms with E-state index in [9.17, 15) is 0 Å². The fourth-order valence-corrected chi connectivity index (χ4v) is 3.08. The molecule has 0 radical (unpaired) electrons. The van der Waals surface area contributed by atoms with E-state index in [-0.39, 0.29) is 12.1 Å². The van der Waals surface area contributed by atoms with Gasteiger partial charge in [-0.25, -0.2) is 0 Å². The maximum absolute atomic E-state index is 6.32. The highest BCUT2D eigenvalue weighted by Gasteiger charge is 2.21. The number of nitrogens with one attached hydrogen (secondary N) is 1. The van der Waals surface area contributed by atoms with Crippen LogP contribution in [0, 0.1) is 0 Å². The molecule has 0 aliphatic heterocycles. The van der Waals surface area contributed by atoms with Gasteiger partial charge in [0.25, 0.3) is 0 Å². The van der Waals surface area contributed by atoms with Crippen molar-refractivity contribution in [1.82, 2.24) is 15.1 Å². The van der Waals surface area contributed by atoms with E-state index in [1.165, 1.54) is 0 Å².